The molecule has 1 aromatic heterocycles. The molecule has 2 heteroatoms. The molecule has 0 aliphatic carbocycles. The molecule has 1 unspecified atom stereocenters. The zero-order valence-electron chi connectivity index (χ0n) is 9.42. The summed E-state index contributed by atoms with van der Waals surface area (Å²) in [6.45, 7) is 7.81. The average molecular weight is 211 g/mol. The molecule has 0 aliphatic rings. The molecule has 0 aromatic carbocycles. The number of hydrogen-bond acceptors (Lipinski definition) is 2. The van der Waals surface area contributed by atoms with Crippen molar-refractivity contribution in [3.8, 4) is 0 Å². The molecule has 14 heavy (non-hydrogen) atoms. The Bertz CT molecular complexity index is 226. The summed E-state index contributed by atoms with van der Waals surface area (Å²) in [5.41, 5.74) is 0. The van der Waals surface area contributed by atoms with E-state index in [1.54, 1.807) is 0 Å². The Hall–Kier alpha value is -0.340. The summed E-state index contributed by atoms with van der Waals surface area (Å²) in [5.74, 6) is 0.772. The van der Waals surface area contributed by atoms with Gasteiger partial charge in [-0.15, -0.1) is 11.3 Å². The van der Waals surface area contributed by atoms with Crippen LogP contribution in [-0.4, -0.2) is 6.54 Å². The summed E-state index contributed by atoms with van der Waals surface area (Å²) in [7, 11) is 0. The van der Waals surface area contributed by atoms with Crippen LogP contribution in [0.4, 0.5) is 0 Å². The summed E-state index contributed by atoms with van der Waals surface area (Å²) < 4.78 is 0. The lowest BCUT2D eigenvalue weighted by molar-refractivity contribution is 0.351. The van der Waals surface area contributed by atoms with Gasteiger partial charge in [0.05, 0.1) is 0 Å². The van der Waals surface area contributed by atoms with Crippen LogP contribution < -0.4 is 5.32 Å². The number of nitrogens with one attached hydrogen (secondary N) is 1. The predicted molar refractivity (Wildman–Crippen MR) is 64.8 cm³/mol. The molecule has 1 atom stereocenters. The van der Waals surface area contributed by atoms with Crippen molar-refractivity contribution in [3.05, 3.63) is 22.4 Å². The van der Waals surface area contributed by atoms with Crippen LogP contribution in [0.5, 0.6) is 0 Å². The smallest absolute Gasteiger partial charge is 0.0443 e. The topological polar surface area (TPSA) is 12.0 Å². The molecule has 1 N–H and O–H groups in total. The fourth-order valence-electron chi connectivity index (χ4n) is 1.95. The van der Waals surface area contributed by atoms with E-state index < -0.39 is 0 Å². The van der Waals surface area contributed by atoms with E-state index in [2.05, 4.69) is 43.6 Å². The highest BCUT2D eigenvalue weighted by atomic mass is 32.1. The van der Waals surface area contributed by atoms with Crippen molar-refractivity contribution >= 4 is 11.3 Å². The van der Waals surface area contributed by atoms with Crippen LogP contribution in [0.15, 0.2) is 17.5 Å². The highest BCUT2D eigenvalue weighted by Gasteiger charge is 2.19. The van der Waals surface area contributed by atoms with E-state index >= 15 is 0 Å². The molecule has 0 spiro atoms. The molecule has 0 aliphatic heterocycles. The maximum Gasteiger partial charge on any atom is 0.0443 e. The van der Waals surface area contributed by atoms with Crippen LogP contribution in [0.1, 0.15) is 44.5 Å². The van der Waals surface area contributed by atoms with Crippen LogP contribution in [0.2, 0.25) is 0 Å². The molecule has 80 valence electrons. The highest BCUT2D eigenvalue weighted by molar-refractivity contribution is 7.10. The van der Waals surface area contributed by atoms with Crippen molar-refractivity contribution in [2.45, 2.75) is 39.7 Å². The minimum Gasteiger partial charge on any atom is -0.309 e. The molecule has 1 heterocycles. The van der Waals surface area contributed by atoms with Gasteiger partial charge in [-0.3, -0.25) is 0 Å². The van der Waals surface area contributed by atoms with E-state index in [9.17, 15) is 0 Å². The monoisotopic (exact) mass is 211 g/mol. The summed E-state index contributed by atoms with van der Waals surface area (Å²) in [6.07, 6.45) is 2.51. The van der Waals surface area contributed by atoms with Crippen molar-refractivity contribution < 1.29 is 0 Å². The molecule has 1 rings (SSSR count). The van der Waals surface area contributed by atoms with Gasteiger partial charge in [0.25, 0.3) is 0 Å². The Morgan fingerprint density at radius 2 is 2.00 bits per heavy atom. The first kappa shape index (κ1) is 11.7. The van der Waals surface area contributed by atoms with Gasteiger partial charge in [-0.25, -0.2) is 0 Å². The molecule has 1 aromatic rings. The highest BCUT2D eigenvalue weighted by Crippen LogP contribution is 2.30. The summed E-state index contributed by atoms with van der Waals surface area (Å²) in [4.78, 5) is 1.49. The molecular weight excluding hydrogens is 190 g/mol. The van der Waals surface area contributed by atoms with E-state index in [0.717, 1.165) is 12.5 Å². The van der Waals surface area contributed by atoms with Crippen molar-refractivity contribution in [2.75, 3.05) is 6.54 Å². The lowest BCUT2D eigenvalue weighted by Gasteiger charge is -2.25. The van der Waals surface area contributed by atoms with E-state index in [1.807, 2.05) is 11.3 Å². The quantitative estimate of drug-likeness (QED) is 0.754. The largest absolute Gasteiger partial charge is 0.309 e. The van der Waals surface area contributed by atoms with Gasteiger partial charge in [0.1, 0.15) is 0 Å². The van der Waals surface area contributed by atoms with Crippen molar-refractivity contribution in [3.63, 3.8) is 0 Å². The standard InChI is InChI=1S/C12H21NS/c1-4-10(5-2)12(13-6-3)11-8-7-9-14-11/h7-10,12-13H,4-6H2,1-3H3. The SMILES string of the molecule is CCNC(c1cccs1)C(CC)CC. The zero-order chi connectivity index (χ0) is 10.4. The van der Waals surface area contributed by atoms with Gasteiger partial charge >= 0.3 is 0 Å². The van der Waals surface area contributed by atoms with Crippen molar-refractivity contribution in [2.24, 2.45) is 5.92 Å². The van der Waals surface area contributed by atoms with Crippen LogP contribution in [0.3, 0.4) is 0 Å². The normalized spacial score (nSPS) is 13.4. The Morgan fingerprint density at radius 1 is 1.29 bits per heavy atom. The first-order valence-electron chi connectivity index (χ1n) is 5.60. The number of hydrogen-bond donors (Lipinski definition) is 1. The van der Waals surface area contributed by atoms with E-state index in [4.69, 9.17) is 0 Å². The molecule has 0 bridgehead atoms. The van der Waals surface area contributed by atoms with Crippen LogP contribution >= 0.6 is 11.3 Å². The third-order valence-corrected chi connectivity index (χ3v) is 3.75. The van der Waals surface area contributed by atoms with Gasteiger partial charge in [-0.2, -0.15) is 0 Å². The maximum absolute atomic E-state index is 3.60. The van der Waals surface area contributed by atoms with E-state index in [-0.39, 0.29) is 0 Å². The van der Waals surface area contributed by atoms with Gasteiger partial charge in [0.15, 0.2) is 0 Å². The Morgan fingerprint density at radius 3 is 2.43 bits per heavy atom. The Balaban J connectivity index is 2.72. The van der Waals surface area contributed by atoms with Gasteiger partial charge in [-0.05, 0) is 23.9 Å². The molecule has 0 fully saturated rings. The fourth-order valence-corrected chi connectivity index (χ4v) is 2.84. The van der Waals surface area contributed by atoms with Crippen molar-refractivity contribution in [1.29, 1.82) is 0 Å². The molecule has 0 saturated carbocycles. The van der Waals surface area contributed by atoms with Gasteiger partial charge < -0.3 is 5.32 Å². The number of rotatable bonds is 6. The van der Waals surface area contributed by atoms with E-state index in [1.165, 1.54) is 17.7 Å². The average Bonchev–Trinajstić information content (AvgIpc) is 2.71. The van der Waals surface area contributed by atoms with Gasteiger partial charge in [-0.1, -0.05) is 39.7 Å². The molecular formula is C12H21NS. The lowest BCUT2D eigenvalue weighted by atomic mass is 9.93. The molecule has 1 nitrogen and oxygen atoms in total. The van der Waals surface area contributed by atoms with Crippen molar-refractivity contribution in [1.82, 2.24) is 5.32 Å². The second-order valence-electron chi connectivity index (χ2n) is 3.63. The molecule has 0 saturated heterocycles. The summed E-state index contributed by atoms with van der Waals surface area (Å²) in [6, 6.07) is 4.96. The zero-order valence-corrected chi connectivity index (χ0v) is 10.2. The van der Waals surface area contributed by atoms with Crippen LogP contribution in [0.25, 0.3) is 0 Å². The second kappa shape index (κ2) is 6.20. The third-order valence-electron chi connectivity index (χ3n) is 2.79. The lowest BCUT2D eigenvalue weighted by Crippen LogP contribution is -2.26. The Labute approximate surface area is 91.5 Å². The number of thiophene rings is 1. The summed E-state index contributed by atoms with van der Waals surface area (Å²) >= 11 is 1.87. The summed E-state index contributed by atoms with van der Waals surface area (Å²) in [5, 5.41) is 5.77. The Kier molecular flexibility index (Phi) is 5.20. The first-order chi connectivity index (χ1) is 6.83. The molecule has 0 radical (unpaired) electrons. The minimum absolute atomic E-state index is 0.565. The minimum atomic E-state index is 0.565. The van der Waals surface area contributed by atoms with Gasteiger partial charge in [0.2, 0.25) is 0 Å². The van der Waals surface area contributed by atoms with Gasteiger partial charge in [0, 0.05) is 10.9 Å². The second-order valence-corrected chi connectivity index (χ2v) is 4.61. The third kappa shape index (κ3) is 2.82. The predicted octanol–water partition coefficient (Wildman–Crippen LogP) is 3.83. The first-order valence-corrected chi connectivity index (χ1v) is 6.48. The molecule has 0 amide bonds. The maximum atomic E-state index is 3.60. The van der Waals surface area contributed by atoms with E-state index in [0.29, 0.717) is 6.04 Å². The fraction of sp³-hybridized carbons (Fsp3) is 0.667. The van der Waals surface area contributed by atoms with Crippen LogP contribution in [0, 0.1) is 5.92 Å². The van der Waals surface area contributed by atoms with Crippen LogP contribution in [-0.2, 0) is 0 Å².